The van der Waals surface area contributed by atoms with E-state index in [4.69, 9.17) is 9.47 Å². The Morgan fingerprint density at radius 2 is 1.93 bits per heavy atom. The first-order chi connectivity index (χ1) is 14.1. The molecule has 0 bridgehead atoms. The Hall–Kier alpha value is -2.90. The average molecular weight is 408 g/mol. The van der Waals surface area contributed by atoms with Crippen LogP contribution < -0.4 is 14.8 Å². The van der Waals surface area contributed by atoms with E-state index in [1.807, 2.05) is 6.07 Å². The molecule has 2 aromatic carbocycles. The van der Waals surface area contributed by atoms with Crippen molar-refractivity contribution in [1.29, 1.82) is 0 Å². The fraction of sp³-hybridized carbons (Fsp3) is 0.227. The molecule has 2 aliphatic rings. The van der Waals surface area contributed by atoms with Crippen molar-refractivity contribution in [1.82, 2.24) is 10.3 Å². The average Bonchev–Trinajstić information content (AvgIpc) is 3.12. The van der Waals surface area contributed by atoms with Crippen molar-refractivity contribution >= 4 is 9.84 Å². The fourth-order valence-corrected chi connectivity index (χ4v) is 5.24. The summed E-state index contributed by atoms with van der Waals surface area (Å²) >= 11 is 0. The van der Waals surface area contributed by atoms with E-state index in [0.717, 1.165) is 25.1 Å². The number of nitrogens with zero attached hydrogens (tertiary/aromatic N) is 1. The summed E-state index contributed by atoms with van der Waals surface area (Å²) in [6.07, 6.45) is 2.69. The Bertz CT molecular complexity index is 1150. The lowest BCUT2D eigenvalue weighted by Gasteiger charge is -2.24. The van der Waals surface area contributed by atoms with Crippen molar-refractivity contribution < 1.29 is 17.9 Å². The molecule has 0 aliphatic carbocycles. The molecule has 1 saturated heterocycles. The van der Waals surface area contributed by atoms with Crippen molar-refractivity contribution in [3.05, 3.63) is 72.4 Å². The van der Waals surface area contributed by atoms with E-state index in [1.54, 1.807) is 54.7 Å². The van der Waals surface area contributed by atoms with Crippen LogP contribution in [0.4, 0.5) is 0 Å². The summed E-state index contributed by atoms with van der Waals surface area (Å²) < 4.78 is 38.1. The summed E-state index contributed by atoms with van der Waals surface area (Å²) in [5.41, 5.74) is 1.10. The van der Waals surface area contributed by atoms with E-state index in [2.05, 4.69) is 10.3 Å². The number of fused-ring (bicyclic) bond motifs is 3. The second-order valence-electron chi connectivity index (χ2n) is 7.20. The van der Waals surface area contributed by atoms with Crippen LogP contribution in [0.5, 0.6) is 17.4 Å². The minimum Gasteiger partial charge on any atom is -0.488 e. The lowest BCUT2D eigenvalue weighted by Crippen LogP contribution is -2.39. The van der Waals surface area contributed by atoms with Gasteiger partial charge in [0.25, 0.3) is 0 Å². The standard InChI is InChI=1S/C22H20N2O4S/c25-29(26,16-5-3-4-15(12-16)27-22-6-1-2-10-24-22)17-7-8-18-19-9-11-23-14-21(19)28-20(18)13-17/h1-8,10,12-13,19,21,23H,9,11,14H2. The molecule has 1 aromatic heterocycles. The fourth-order valence-electron chi connectivity index (χ4n) is 3.93. The van der Waals surface area contributed by atoms with E-state index < -0.39 is 9.84 Å². The Morgan fingerprint density at radius 3 is 2.79 bits per heavy atom. The lowest BCUT2D eigenvalue weighted by molar-refractivity contribution is 0.176. The maximum atomic E-state index is 13.2. The van der Waals surface area contributed by atoms with Crippen molar-refractivity contribution in [2.45, 2.75) is 28.2 Å². The van der Waals surface area contributed by atoms with Gasteiger partial charge in [0.05, 0.1) is 9.79 Å². The van der Waals surface area contributed by atoms with Gasteiger partial charge in [0.2, 0.25) is 15.7 Å². The number of hydrogen-bond donors (Lipinski definition) is 1. The first kappa shape index (κ1) is 18.1. The molecule has 2 unspecified atom stereocenters. The Kier molecular flexibility index (Phi) is 4.49. The number of piperidine rings is 1. The van der Waals surface area contributed by atoms with Crippen LogP contribution in [0.3, 0.4) is 0 Å². The molecule has 5 rings (SSSR count). The van der Waals surface area contributed by atoms with Gasteiger partial charge in [0.15, 0.2) is 0 Å². The van der Waals surface area contributed by atoms with Crippen LogP contribution in [-0.2, 0) is 9.84 Å². The van der Waals surface area contributed by atoms with Gasteiger partial charge < -0.3 is 14.8 Å². The summed E-state index contributed by atoms with van der Waals surface area (Å²) in [4.78, 5) is 4.50. The molecular formula is C22H20N2O4S. The highest BCUT2D eigenvalue weighted by molar-refractivity contribution is 7.91. The zero-order valence-electron chi connectivity index (χ0n) is 15.6. The number of benzene rings is 2. The molecule has 1 N–H and O–H groups in total. The molecular weight excluding hydrogens is 388 g/mol. The second kappa shape index (κ2) is 7.17. The first-order valence-corrected chi connectivity index (χ1v) is 11.0. The van der Waals surface area contributed by atoms with E-state index in [1.165, 1.54) is 6.07 Å². The number of sulfone groups is 1. The van der Waals surface area contributed by atoms with E-state index in [9.17, 15) is 8.42 Å². The summed E-state index contributed by atoms with van der Waals surface area (Å²) in [6, 6.07) is 17.0. The van der Waals surface area contributed by atoms with Crippen LogP contribution in [0.1, 0.15) is 17.9 Å². The van der Waals surface area contributed by atoms with Gasteiger partial charge in [-0.3, -0.25) is 0 Å². The predicted molar refractivity (Wildman–Crippen MR) is 107 cm³/mol. The minimum absolute atomic E-state index is 0.0757. The normalized spacial score (nSPS) is 20.4. The Labute approximate surface area is 169 Å². The third-order valence-corrected chi connectivity index (χ3v) is 7.12. The second-order valence-corrected chi connectivity index (χ2v) is 9.15. The van der Waals surface area contributed by atoms with E-state index in [-0.39, 0.29) is 15.9 Å². The number of nitrogens with one attached hydrogen (secondary N) is 1. The zero-order valence-corrected chi connectivity index (χ0v) is 16.4. The molecule has 29 heavy (non-hydrogen) atoms. The maximum absolute atomic E-state index is 13.2. The van der Waals surface area contributed by atoms with Crippen molar-refractivity contribution in [3.8, 4) is 17.4 Å². The van der Waals surface area contributed by atoms with Crippen LogP contribution in [0.2, 0.25) is 0 Å². The van der Waals surface area contributed by atoms with Crippen LogP contribution >= 0.6 is 0 Å². The van der Waals surface area contributed by atoms with Crippen LogP contribution in [-0.4, -0.2) is 32.6 Å². The van der Waals surface area contributed by atoms with Crippen molar-refractivity contribution in [3.63, 3.8) is 0 Å². The quantitative estimate of drug-likeness (QED) is 0.712. The molecule has 1 fully saturated rings. The van der Waals surface area contributed by atoms with Crippen molar-refractivity contribution in [2.75, 3.05) is 13.1 Å². The van der Waals surface area contributed by atoms with Crippen LogP contribution in [0.25, 0.3) is 0 Å². The molecule has 0 amide bonds. The van der Waals surface area contributed by atoms with Gasteiger partial charge in [-0.2, -0.15) is 0 Å². The zero-order chi connectivity index (χ0) is 19.8. The van der Waals surface area contributed by atoms with Gasteiger partial charge in [0, 0.05) is 30.3 Å². The summed E-state index contributed by atoms with van der Waals surface area (Å²) in [5, 5.41) is 3.33. The summed E-state index contributed by atoms with van der Waals surface area (Å²) in [7, 11) is -3.70. The number of ether oxygens (including phenoxy) is 2. The Balaban J connectivity index is 1.45. The predicted octanol–water partition coefficient (Wildman–Crippen LogP) is 3.54. The molecule has 3 aromatic rings. The number of hydrogen-bond acceptors (Lipinski definition) is 6. The Morgan fingerprint density at radius 1 is 1.03 bits per heavy atom. The van der Waals surface area contributed by atoms with Gasteiger partial charge in [-0.15, -0.1) is 0 Å². The largest absolute Gasteiger partial charge is 0.488 e. The molecule has 6 nitrogen and oxygen atoms in total. The molecule has 0 radical (unpaired) electrons. The van der Waals surface area contributed by atoms with Gasteiger partial charge in [0.1, 0.15) is 17.6 Å². The van der Waals surface area contributed by atoms with Gasteiger partial charge in [-0.1, -0.05) is 18.2 Å². The SMILES string of the molecule is O=S(=O)(c1cccc(Oc2ccccn2)c1)c1ccc2c(c1)OC1CNCCC21. The van der Waals surface area contributed by atoms with E-state index in [0.29, 0.717) is 23.3 Å². The molecule has 0 spiro atoms. The third-order valence-electron chi connectivity index (χ3n) is 5.38. The number of rotatable bonds is 4. The van der Waals surface area contributed by atoms with E-state index >= 15 is 0 Å². The molecule has 2 aliphatic heterocycles. The highest BCUT2D eigenvalue weighted by Crippen LogP contribution is 2.42. The molecule has 3 heterocycles. The third kappa shape index (κ3) is 3.36. The first-order valence-electron chi connectivity index (χ1n) is 9.57. The highest BCUT2D eigenvalue weighted by Gasteiger charge is 2.36. The topological polar surface area (TPSA) is 77.5 Å². The van der Waals surface area contributed by atoms with Crippen molar-refractivity contribution in [2.24, 2.45) is 0 Å². The number of pyridine rings is 1. The maximum Gasteiger partial charge on any atom is 0.219 e. The highest BCUT2D eigenvalue weighted by atomic mass is 32.2. The van der Waals surface area contributed by atoms with Gasteiger partial charge in [-0.25, -0.2) is 13.4 Å². The monoisotopic (exact) mass is 408 g/mol. The molecule has 0 saturated carbocycles. The molecule has 148 valence electrons. The van der Waals surface area contributed by atoms with Crippen LogP contribution in [0, 0.1) is 0 Å². The summed E-state index contributed by atoms with van der Waals surface area (Å²) in [6.45, 7) is 1.74. The smallest absolute Gasteiger partial charge is 0.219 e. The molecule has 7 heteroatoms. The number of aromatic nitrogens is 1. The summed E-state index contributed by atoms with van der Waals surface area (Å²) in [5.74, 6) is 1.83. The van der Waals surface area contributed by atoms with Gasteiger partial charge in [-0.05, 0) is 49.4 Å². The van der Waals surface area contributed by atoms with Gasteiger partial charge >= 0.3 is 0 Å². The minimum atomic E-state index is -3.70. The lowest BCUT2D eigenvalue weighted by atomic mass is 9.90. The molecule has 2 atom stereocenters. The van der Waals surface area contributed by atoms with Crippen LogP contribution in [0.15, 0.2) is 76.7 Å².